The van der Waals surface area contributed by atoms with E-state index in [4.69, 9.17) is 4.74 Å². The number of amides is 1. The molecule has 5 nitrogen and oxygen atoms in total. The summed E-state index contributed by atoms with van der Waals surface area (Å²) in [6.07, 6.45) is 1.76. The van der Waals surface area contributed by atoms with E-state index in [1.165, 1.54) is 0 Å². The van der Waals surface area contributed by atoms with Gasteiger partial charge in [0, 0.05) is 5.92 Å². The van der Waals surface area contributed by atoms with Gasteiger partial charge in [0.25, 0.3) is 0 Å². The molecule has 1 saturated heterocycles. The molecular weight excluding hydrogens is 314 g/mol. The molecule has 1 amide bonds. The fraction of sp³-hybridized carbons (Fsp3) is 0.529. The van der Waals surface area contributed by atoms with Crippen LogP contribution in [0.3, 0.4) is 0 Å². The number of ether oxygens (including phenoxy) is 1. The predicted molar refractivity (Wildman–Crippen MR) is 88.9 cm³/mol. The summed E-state index contributed by atoms with van der Waals surface area (Å²) in [7, 11) is 1.62. The Morgan fingerprint density at radius 3 is 2.74 bits per heavy atom. The lowest BCUT2D eigenvalue weighted by molar-refractivity contribution is -0.148. The van der Waals surface area contributed by atoms with Gasteiger partial charge in [0.05, 0.1) is 7.11 Å². The maximum atomic E-state index is 12.5. The monoisotopic (exact) mass is 335 g/mol. The number of hydrogen-bond acceptors (Lipinski definition) is 4. The van der Waals surface area contributed by atoms with Crippen LogP contribution in [-0.2, 0) is 9.59 Å². The number of thioether (sulfide) groups is 1. The van der Waals surface area contributed by atoms with E-state index < -0.39 is 11.5 Å². The Kier molecular flexibility index (Phi) is 4.53. The molecule has 1 saturated carbocycles. The summed E-state index contributed by atoms with van der Waals surface area (Å²) in [6.45, 7) is 0. The largest absolute Gasteiger partial charge is 0.497 e. The van der Waals surface area contributed by atoms with Crippen molar-refractivity contribution in [1.29, 1.82) is 0 Å². The molecule has 3 rings (SSSR count). The lowest BCUT2D eigenvalue weighted by Gasteiger charge is -2.33. The van der Waals surface area contributed by atoms with Crippen molar-refractivity contribution < 1.29 is 19.4 Å². The number of aliphatic carboxylic acids is 1. The molecule has 2 aliphatic rings. The fourth-order valence-electron chi connectivity index (χ4n) is 3.17. The molecule has 1 aromatic rings. The number of carboxylic acid groups (broad SMARTS) is 1. The third kappa shape index (κ3) is 3.32. The third-order valence-electron chi connectivity index (χ3n) is 4.77. The van der Waals surface area contributed by atoms with Crippen molar-refractivity contribution in [2.45, 2.75) is 30.7 Å². The Labute approximate surface area is 139 Å². The highest BCUT2D eigenvalue weighted by molar-refractivity contribution is 7.99. The van der Waals surface area contributed by atoms with Crippen LogP contribution >= 0.6 is 11.8 Å². The Morgan fingerprint density at radius 2 is 2.09 bits per heavy atom. The summed E-state index contributed by atoms with van der Waals surface area (Å²) in [5, 5.41) is 12.4. The van der Waals surface area contributed by atoms with E-state index in [2.05, 4.69) is 5.32 Å². The minimum absolute atomic E-state index is 0.132. The standard InChI is InChI=1S/C17H21NO4S/c1-22-12-4-2-3-11(9-12)13-10-14(13)15(19)18-17(16(20)21)5-7-23-8-6-17/h2-4,9,13-14H,5-8,10H2,1H3,(H,18,19)(H,20,21). The minimum atomic E-state index is -1.08. The molecule has 124 valence electrons. The summed E-state index contributed by atoms with van der Waals surface area (Å²) in [4.78, 5) is 24.2. The van der Waals surface area contributed by atoms with Gasteiger partial charge in [-0.2, -0.15) is 11.8 Å². The molecular formula is C17H21NO4S. The van der Waals surface area contributed by atoms with Crippen LogP contribution in [0.2, 0.25) is 0 Å². The van der Waals surface area contributed by atoms with Gasteiger partial charge in [-0.3, -0.25) is 4.79 Å². The van der Waals surface area contributed by atoms with Crippen LogP contribution in [0.25, 0.3) is 0 Å². The Morgan fingerprint density at radius 1 is 1.35 bits per heavy atom. The molecule has 0 radical (unpaired) electrons. The smallest absolute Gasteiger partial charge is 0.329 e. The number of rotatable bonds is 5. The average molecular weight is 335 g/mol. The molecule has 6 heteroatoms. The van der Waals surface area contributed by atoms with Crippen LogP contribution in [0.1, 0.15) is 30.7 Å². The first-order valence-electron chi connectivity index (χ1n) is 7.83. The van der Waals surface area contributed by atoms with E-state index in [0.29, 0.717) is 12.8 Å². The number of benzene rings is 1. The molecule has 2 unspecified atom stereocenters. The summed E-state index contributed by atoms with van der Waals surface area (Å²) in [5.74, 6) is 1.31. The Hall–Kier alpha value is -1.69. The topological polar surface area (TPSA) is 75.6 Å². The van der Waals surface area contributed by atoms with Crippen molar-refractivity contribution >= 4 is 23.6 Å². The van der Waals surface area contributed by atoms with Crippen molar-refractivity contribution in [1.82, 2.24) is 5.32 Å². The van der Waals surface area contributed by atoms with Crippen LogP contribution in [0.4, 0.5) is 0 Å². The van der Waals surface area contributed by atoms with Crippen LogP contribution in [0.5, 0.6) is 5.75 Å². The van der Waals surface area contributed by atoms with E-state index in [1.807, 2.05) is 24.3 Å². The van der Waals surface area contributed by atoms with Gasteiger partial charge in [-0.1, -0.05) is 12.1 Å². The van der Waals surface area contributed by atoms with Gasteiger partial charge in [0.15, 0.2) is 0 Å². The molecule has 2 atom stereocenters. The summed E-state index contributed by atoms with van der Waals surface area (Å²) in [5.41, 5.74) is -0.00259. The predicted octanol–water partition coefficient (Wildman–Crippen LogP) is 2.27. The first-order chi connectivity index (χ1) is 11.1. The molecule has 23 heavy (non-hydrogen) atoms. The number of methoxy groups -OCH3 is 1. The molecule has 0 spiro atoms. The second kappa shape index (κ2) is 6.43. The van der Waals surface area contributed by atoms with Crippen molar-refractivity contribution in [2.75, 3.05) is 18.6 Å². The number of nitrogens with one attached hydrogen (secondary N) is 1. The zero-order chi connectivity index (χ0) is 16.4. The highest BCUT2D eigenvalue weighted by Gasteiger charge is 2.48. The van der Waals surface area contributed by atoms with Gasteiger partial charge < -0.3 is 15.2 Å². The minimum Gasteiger partial charge on any atom is -0.497 e. The van der Waals surface area contributed by atoms with Crippen molar-refractivity contribution in [3.8, 4) is 5.75 Å². The van der Waals surface area contributed by atoms with E-state index in [-0.39, 0.29) is 17.7 Å². The van der Waals surface area contributed by atoms with Gasteiger partial charge in [-0.05, 0) is 54.4 Å². The zero-order valence-electron chi connectivity index (χ0n) is 13.1. The van der Waals surface area contributed by atoms with Crippen molar-refractivity contribution in [3.63, 3.8) is 0 Å². The fourth-order valence-corrected chi connectivity index (χ4v) is 4.36. The highest BCUT2D eigenvalue weighted by atomic mass is 32.2. The average Bonchev–Trinajstić information content (AvgIpc) is 3.36. The molecule has 0 aromatic heterocycles. The quantitative estimate of drug-likeness (QED) is 0.863. The number of carbonyl (C=O) groups excluding carboxylic acids is 1. The molecule has 2 fully saturated rings. The first-order valence-corrected chi connectivity index (χ1v) is 8.98. The van der Waals surface area contributed by atoms with Gasteiger partial charge in [0.2, 0.25) is 5.91 Å². The lowest BCUT2D eigenvalue weighted by Crippen LogP contribution is -2.57. The van der Waals surface area contributed by atoms with Crippen molar-refractivity contribution in [3.05, 3.63) is 29.8 Å². The van der Waals surface area contributed by atoms with Crippen LogP contribution in [-0.4, -0.2) is 41.1 Å². The second-order valence-corrected chi connectivity index (χ2v) is 7.44. The van der Waals surface area contributed by atoms with Crippen LogP contribution < -0.4 is 10.1 Å². The maximum Gasteiger partial charge on any atom is 0.329 e. The summed E-state index contributed by atoms with van der Waals surface area (Å²) >= 11 is 1.74. The third-order valence-corrected chi connectivity index (χ3v) is 5.75. The van der Waals surface area contributed by atoms with Crippen molar-refractivity contribution in [2.24, 2.45) is 5.92 Å². The SMILES string of the molecule is COc1cccc(C2CC2C(=O)NC2(C(=O)O)CCSCC2)c1. The lowest BCUT2D eigenvalue weighted by atomic mass is 9.92. The number of carboxylic acids is 1. The molecule has 2 N–H and O–H groups in total. The number of carbonyl (C=O) groups is 2. The molecule has 1 aliphatic carbocycles. The zero-order valence-corrected chi connectivity index (χ0v) is 13.9. The molecule has 1 aromatic carbocycles. The highest BCUT2D eigenvalue weighted by Crippen LogP contribution is 2.48. The van der Waals surface area contributed by atoms with E-state index in [1.54, 1.807) is 18.9 Å². The maximum absolute atomic E-state index is 12.5. The summed E-state index contributed by atoms with van der Waals surface area (Å²) in [6, 6.07) is 7.73. The van der Waals surface area contributed by atoms with E-state index in [9.17, 15) is 14.7 Å². The second-order valence-electron chi connectivity index (χ2n) is 6.21. The van der Waals surface area contributed by atoms with E-state index >= 15 is 0 Å². The van der Waals surface area contributed by atoms with Gasteiger partial charge in [0.1, 0.15) is 11.3 Å². The van der Waals surface area contributed by atoms with Gasteiger partial charge in [-0.25, -0.2) is 4.79 Å². The Balaban J connectivity index is 1.66. The first kappa shape index (κ1) is 16.2. The summed E-state index contributed by atoms with van der Waals surface area (Å²) < 4.78 is 5.22. The number of hydrogen-bond donors (Lipinski definition) is 2. The molecule has 1 heterocycles. The normalized spacial score (nSPS) is 25.4. The van der Waals surface area contributed by atoms with Gasteiger partial charge >= 0.3 is 5.97 Å². The molecule has 1 aliphatic heterocycles. The van der Waals surface area contributed by atoms with Gasteiger partial charge in [-0.15, -0.1) is 0 Å². The molecule has 0 bridgehead atoms. The Bertz CT molecular complexity index is 612. The van der Waals surface area contributed by atoms with Crippen LogP contribution in [0.15, 0.2) is 24.3 Å². The van der Waals surface area contributed by atoms with E-state index in [0.717, 1.165) is 29.2 Å². The van der Waals surface area contributed by atoms with Crippen LogP contribution in [0, 0.1) is 5.92 Å².